The van der Waals surface area contributed by atoms with Crippen molar-refractivity contribution in [1.82, 2.24) is 15.6 Å². The van der Waals surface area contributed by atoms with Gasteiger partial charge in [0.25, 0.3) is 0 Å². The molecular formula is C16H21FIN5O2. The van der Waals surface area contributed by atoms with Crippen molar-refractivity contribution in [3.05, 3.63) is 47.4 Å². The Morgan fingerprint density at radius 2 is 1.92 bits per heavy atom. The lowest BCUT2D eigenvalue weighted by Gasteiger charge is -2.11. The number of amides is 1. The molecule has 0 unspecified atom stereocenters. The molecular weight excluding hydrogens is 440 g/mol. The Hall–Kier alpha value is -2.17. The molecule has 136 valence electrons. The molecule has 0 aliphatic rings. The third-order valence-electron chi connectivity index (χ3n) is 3.25. The van der Waals surface area contributed by atoms with Crippen molar-refractivity contribution in [1.29, 1.82) is 0 Å². The van der Waals surface area contributed by atoms with Crippen LogP contribution in [0, 0.1) is 19.7 Å². The van der Waals surface area contributed by atoms with Crippen LogP contribution < -0.4 is 16.0 Å². The molecule has 0 fully saturated rings. The zero-order valence-electron chi connectivity index (χ0n) is 14.2. The van der Waals surface area contributed by atoms with Crippen LogP contribution in [0.5, 0.6) is 0 Å². The quantitative estimate of drug-likeness (QED) is 0.362. The molecule has 1 aromatic carbocycles. The monoisotopic (exact) mass is 461 g/mol. The summed E-state index contributed by atoms with van der Waals surface area (Å²) in [5.41, 5.74) is 1.37. The van der Waals surface area contributed by atoms with Crippen LogP contribution >= 0.6 is 24.0 Å². The Morgan fingerprint density at radius 3 is 2.48 bits per heavy atom. The van der Waals surface area contributed by atoms with Gasteiger partial charge in [-0.15, -0.1) is 24.0 Å². The van der Waals surface area contributed by atoms with Gasteiger partial charge >= 0.3 is 0 Å². The average molecular weight is 461 g/mol. The first-order valence-electron chi connectivity index (χ1n) is 7.40. The third-order valence-corrected chi connectivity index (χ3v) is 3.25. The molecule has 3 N–H and O–H groups in total. The summed E-state index contributed by atoms with van der Waals surface area (Å²) in [5, 5.41) is 8.53. The highest BCUT2D eigenvalue weighted by atomic mass is 127. The number of hydrogen-bond acceptors (Lipinski definition) is 4. The number of carbonyl (C=O) groups is 1. The van der Waals surface area contributed by atoms with Gasteiger partial charge in [0.15, 0.2) is 5.96 Å². The number of aliphatic imine (C=N–C) groups is 1. The van der Waals surface area contributed by atoms with Gasteiger partial charge in [-0.05, 0) is 38.1 Å². The molecule has 0 bridgehead atoms. The second-order valence-electron chi connectivity index (χ2n) is 5.08. The summed E-state index contributed by atoms with van der Waals surface area (Å²) in [6.45, 7) is 4.09. The molecule has 9 heteroatoms. The van der Waals surface area contributed by atoms with Crippen LogP contribution in [0.2, 0.25) is 0 Å². The number of carbonyl (C=O) groups excluding carboxylic acids is 1. The fourth-order valence-corrected chi connectivity index (χ4v) is 1.90. The minimum atomic E-state index is -0.354. The predicted molar refractivity (Wildman–Crippen MR) is 105 cm³/mol. The summed E-state index contributed by atoms with van der Waals surface area (Å²) in [7, 11) is 1.60. The van der Waals surface area contributed by atoms with E-state index in [1.165, 1.54) is 24.3 Å². The molecule has 2 rings (SSSR count). The van der Waals surface area contributed by atoms with Crippen molar-refractivity contribution in [3.8, 4) is 0 Å². The molecule has 1 aromatic heterocycles. The lowest BCUT2D eigenvalue weighted by molar-refractivity contribution is -0.115. The summed E-state index contributed by atoms with van der Waals surface area (Å²) in [4.78, 5) is 20.1. The van der Waals surface area contributed by atoms with Crippen LogP contribution in [0.3, 0.4) is 0 Å². The van der Waals surface area contributed by atoms with Gasteiger partial charge in [0.1, 0.15) is 11.6 Å². The zero-order chi connectivity index (χ0) is 17.5. The number of nitrogens with zero attached hydrogens (tertiary/aromatic N) is 2. The van der Waals surface area contributed by atoms with E-state index in [2.05, 4.69) is 25.9 Å². The minimum Gasteiger partial charge on any atom is -0.444 e. The first-order valence-corrected chi connectivity index (χ1v) is 7.40. The third kappa shape index (κ3) is 6.69. The highest BCUT2D eigenvalue weighted by Crippen LogP contribution is 2.08. The van der Waals surface area contributed by atoms with E-state index in [0.29, 0.717) is 24.1 Å². The smallest absolute Gasteiger partial charge is 0.243 e. The van der Waals surface area contributed by atoms with Crippen LogP contribution in [0.25, 0.3) is 0 Å². The van der Waals surface area contributed by atoms with Gasteiger partial charge < -0.3 is 20.4 Å². The molecule has 1 amide bonds. The standard InChI is InChI=1S/C16H20FN5O2.HI/c1-10-11(2)24-15(21-10)9-20-16(18-3)19-8-14(23)22-13-6-4-12(17)5-7-13;/h4-7H,8-9H2,1-3H3,(H,22,23)(H2,18,19,20);1H. The molecule has 0 saturated heterocycles. The SMILES string of the molecule is CN=C(NCC(=O)Nc1ccc(F)cc1)NCc1nc(C)c(C)o1.I. The second-order valence-corrected chi connectivity index (χ2v) is 5.08. The van der Waals surface area contributed by atoms with Crippen molar-refractivity contribution in [2.24, 2.45) is 4.99 Å². The molecule has 25 heavy (non-hydrogen) atoms. The van der Waals surface area contributed by atoms with E-state index in [1.54, 1.807) is 7.05 Å². The van der Waals surface area contributed by atoms with E-state index in [0.717, 1.165) is 11.5 Å². The van der Waals surface area contributed by atoms with Crippen LogP contribution in [-0.2, 0) is 11.3 Å². The minimum absolute atomic E-state index is 0. The van der Waals surface area contributed by atoms with Gasteiger partial charge in [0.05, 0.1) is 18.8 Å². The first kappa shape index (κ1) is 20.9. The van der Waals surface area contributed by atoms with Crippen LogP contribution in [0.1, 0.15) is 17.3 Å². The Morgan fingerprint density at radius 1 is 1.24 bits per heavy atom. The number of rotatable bonds is 5. The molecule has 7 nitrogen and oxygen atoms in total. The van der Waals surface area contributed by atoms with E-state index in [9.17, 15) is 9.18 Å². The fourth-order valence-electron chi connectivity index (χ4n) is 1.90. The molecule has 0 aliphatic carbocycles. The zero-order valence-corrected chi connectivity index (χ0v) is 16.6. The Labute approximate surface area is 162 Å². The number of aryl methyl sites for hydroxylation is 2. The Balaban J connectivity index is 0.00000312. The lowest BCUT2D eigenvalue weighted by atomic mass is 10.3. The lowest BCUT2D eigenvalue weighted by Crippen LogP contribution is -2.41. The van der Waals surface area contributed by atoms with Gasteiger partial charge in [-0.1, -0.05) is 0 Å². The number of hydrogen-bond donors (Lipinski definition) is 3. The normalized spacial score (nSPS) is 10.8. The summed E-state index contributed by atoms with van der Waals surface area (Å²) in [5.74, 6) is 1.13. The summed E-state index contributed by atoms with van der Waals surface area (Å²) < 4.78 is 18.3. The highest BCUT2D eigenvalue weighted by molar-refractivity contribution is 14.0. The maximum atomic E-state index is 12.8. The van der Waals surface area contributed by atoms with Crippen molar-refractivity contribution in [2.45, 2.75) is 20.4 Å². The highest BCUT2D eigenvalue weighted by Gasteiger charge is 2.08. The van der Waals surface area contributed by atoms with Crippen LogP contribution in [0.15, 0.2) is 33.7 Å². The number of nitrogens with one attached hydrogen (secondary N) is 3. The largest absolute Gasteiger partial charge is 0.444 e. The maximum absolute atomic E-state index is 12.8. The molecule has 2 aromatic rings. The van der Waals surface area contributed by atoms with E-state index in [1.807, 2.05) is 13.8 Å². The van der Waals surface area contributed by atoms with Gasteiger partial charge in [0, 0.05) is 12.7 Å². The van der Waals surface area contributed by atoms with Crippen molar-refractivity contribution in [2.75, 3.05) is 18.9 Å². The Bertz CT molecular complexity index is 711. The topological polar surface area (TPSA) is 91.5 Å². The van der Waals surface area contributed by atoms with Gasteiger partial charge in [-0.25, -0.2) is 9.37 Å². The fraction of sp³-hybridized carbons (Fsp3) is 0.312. The summed E-state index contributed by atoms with van der Waals surface area (Å²) >= 11 is 0. The van der Waals surface area contributed by atoms with Gasteiger partial charge in [-0.3, -0.25) is 9.79 Å². The van der Waals surface area contributed by atoms with Crippen molar-refractivity contribution >= 4 is 41.5 Å². The van der Waals surface area contributed by atoms with E-state index in [4.69, 9.17) is 4.42 Å². The summed E-state index contributed by atoms with van der Waals surface area (Å²) in [6.07, 6.45) is 0. The van der Waals surface area contributed by atoms with Crippen molar-refractivity contribution in [3.63, 3.8) is 0 Å². The van der Waals surface area contributed by atoms with E-state index < -0.39 is 0 Å². The number of oxazole rings is 1. The number of halogens is 2. The van der Waals surface area contributed by atoms with Gasteiger partial charge in [0.2, 0.25) is 11.8 Å². The van der Waals surface area contributed by atoms with Gasteiger partial charge in [-0.2, -0.15) is 0 Å². The number of anilines is 1. The van der Waals surface area contributed by atoms with E-state index in [-0.39, 0.29) is 42.2 Å². The molecule has 1 heterocycles. The van der Waals surface area contributed by atoms with Crippen LogP contribution in [-0.4, -0.2) is 30.4 Å². The molecule has 0 saturated carbocycles. The van der Waals surface area contributed by atoms with Crippen LogP contribution in [0.4, 0.5) is 10.1 Å². The molecule has 0 atom stereocenters. The van der Waals surface area contributed by atoms with E-state index >= 15 is 0 Å². The Kier molecular flexibility index (Phi) is 8.32. The summed E-state index contributed by atoms with van der Waals surface area (Å²) in [6, 6.07) is 5.55. The average Bonchev–Trinajstić information content (AvgIpc) is 2.88. The molecule has 0 radical (unpaired) electrons. The molecule has 0 aliphatic heterocycles. The number of benzene rings is 1. The first-order chi connectivity index (χ1) is 11.5. The predicted octanol–water partition coefficient (Wildman–Crippen LogP) is 2.35. The van der Waals surface area contributed by atoms with Crippen molar-refractivity contribution < 1.29 is 13.6 Å². The number of guanidine groups is 1. The second kappa shape index (κ2) is 9.97. The molecule has 0 spiro atoms. The maximum Gasteiger partial charge on any atom is 0.243 e. The number of aromatic nitrogens is 1.